The molecule has 0 amide bonds. The fraction of sp³-hybridized carbons (Fsp3) is 0.188. The van der Waals surface area contributed by atoms with E-state index in [9.17, 15) is 14.4 Å². The fourth-order valence-corrected chi connectivity index (χ4v) is 2.46. The van der Waals surface area contributed by atoms with Gasteiger partial charge < -0.3 is 4.42 Å². The Morgan fingerprint density at radius 3 is 2.57 bits per heavy atom. The third kappa shape index (κ3) is 1.89. The molecule has 0 aliphatic rings. The van der Waals surface area contributed by atoms with E-state index in [0.29, 0.717) is 17.5 Å². The summed E-state index contributed by atoms with van der Waals surface area (Å²) in [4.78, 5) is 36.4. The summed E-state index contributed by atoms with van der Waals surface area (Å²) in [7, 11) is 0. The minimum atomic E-state index is -0.434. The maximum absolute atomic E-state index is 12.6. The van der Waals surface area contributed by atoms with Crippen molar-refractivity contribution < 1.29 is 9.21 Å². The van der Waals surface area contributed by atoms with Gasteiger partial charge in [0.1, 0.15) is 5.58 Å². The Balaban J connectivity index is 2.63. The summed E-state index contributed by atoms with van der Waals surface area (Å²) in [5.41, 5.74) is -0.0391. The van der Waals surface area contributed by atoms with Crippen LogP contribution >= 0.6 is 0 Å². The predicted molar refractivity (Wildman–Crippen MR) is 79.9 cm³/mol. The van der Waals surface area contributed by atoms with Crippen LogP contribution in [-0.2, 0) is 6.54 Å². The Morgan fingerprint density at radius 2 is 1.90 bits per heavy atom. The maximum atomic E-state index is 12.6. The Hall–Kier alpha value is -2.69. The Morgan fingerprint density at radius 1 is 1.19 bits per heavy atom. The van der Waals surface area contributed by atoms with Crippen LogP contribution in [0, 0.1) is 0 Å². The number of nitrogens with zero attached hydrogens (tertiary/aromatic N) is 1. The number of hydrogen-bond acceptors (Lipinski definition) is 4. The van der Waals surface area contributed by atoms with Gasteiger partial charge >= 0.3 is 0 Å². The highest BCUT2D eigenvalue weighted by Crippen LogP contribution is 2.18. The maximum Gasteiger partial charge on any atom is 0.264 e. The Bertz CT molecular complexity index is 995. The normalized spacial score (nSPS) is 11.1. The van der Waals surface area contributed by atoms with E-state index in [0.717, 1.165) is 0 Å². The first-order valence-corrected chi connectivity index (χ1v) is 6.65. The number of aryl methyl sites for hydroxylation is 1. The van der Waals surface area contributed by atoms with Gasteiger partial charge in [-0.2, -0.15) is 0 Å². The molecule has 0 bridgehead atoms. The van der Waals surface area contributed by atoms with E-state index in [1.54, 1.807) is 31.2 Å². The van der Waals surface area contributed by atoms with Crippen LogP contribution in [0.25, 0.3) is 22.1 Å². The first kappa shape index (κ1) is 13.3. The summed E-state index contributed by atoms with van der Waals surface area (Å²) in [6.07, 6.45) is 0. The van der Waals surface area contributed by atoms with Gasteiger partial charge in [0, 0.05) is 6.54 Å². The molecule has 0 radical (unpaired) electrons. The lowest BCUT2D eigenvalue weighted by atomic mass is 10.1. The van der Waals surface area contributed by atoms with Crippen molar-refractivity contribution in [2.75, 3.05) is 0 Å². The summed E-state index contributed by atoms with van der Waals surface area (Å²) in [5, 5.41) is 0.682. The number of hydrogen-bond donors (Lipinski definition) is 0. The first-order valence-electron chi connectivity index (χ1n) is 6.65. The van der Waals surface area contributed by atoms with Crippen molar-refractivity contribution in [2.24, 2.45) is 0 Å². The molecule has 1 aromatic carbocycles. The van der Waals surface area contributed by atoms with Gasteiger partial charge in [-0.05, 0) is 32.0 Å². The molecular formula is C16H13NO4. The zero-order valence-electron chi connectivity index (χ0n) is 11.7. The van der Waals surface area contributed by atoms with Gasteiger partial charge in [0.05, 0.1) is 16.3 Å². The number of pyridine rings is 1. The summed E-state index contributed by atoms with van der Waals surface area (Å²) in [6, 6.07) is 8.18. The number of ketones is 1. The smallest absolute Gasteiger partial charge is 0.264 e. The van der Waals surface area contributed by atoms with Gasteiger partial charge in [0.25, 0.3) is 5.56 Å². The highest BCUT2D eigenvalue weighted by Gasteiger charge is 2.16. The molecule has 3 aromatic rings. The van der Waals surface area contributed by atoms with E-state index in [1.165, 1.54) is 17.6 Å². The predicted octanol–water partition coefficient (Wildman–Crippen LogP) is 2.33. The van der Waals surface area contributed by atoms with Crippen molar-refractivity contribution in [3.63, 3.8) is 0 Å². The third-order valence-electron chi connectivity index (χ3n) is 3.52. The molecule has 5 nitrogen and oxygen atoms in total. The van der Waals surface area contributed by atoms with Gasteiger partial charge in [-0.25, -0.2) is 0 Å². The van der Waals surface area contributed by atoms with Crippen LogP contribution in [0.2, 0.25) is 0 Å². The monoisotopic (exact) mass is 283 g/mol. The molecule has 2 aromatic heterocycles. The average molecular weight is 283 g/mol. The molecule has 0 aliphatic carbocycles. The number of fused-ring (bicyclic) bond motifs is 2. The van der Waals surface area contributed by atoms with E-state index >= 15 is 0 Å². The lowest BCUT2D eigenvalue weighted by Gasteiger charge is -2.09. The van der Waals surface area contributed by atoms with Crippen LogP contribution in [-0.4, -0.2) is 10.4 Å². The van der Waals surface area contributed by atoms with Crippen molar-refractivity contribution in [3.05, 3.63) is 56.5 Å². The van der Waals surface area contributed by atoms with Gasteiger partial charge in [-0.1, -0.05) is 12.1 Å². The summed E-state index contributed by atoms with van der Waals surface area (Å²) >= 11 is 0. The van der Waals surface area contributed by atoms with Crippen LogP contribution < -0.4 is 11.0 Å². The highest BCUT2D eigenvalue weighted by molar-refractivity contribution is 5.98. The summed E-state index contributed by atoms with van der Waals surface area (Å²) in [6.45, 7) is 3.39. The van der Waals surface area contributed by atoms with Crippen molar-refractivity contribution in [2.45, 2.75) is 20.4 Å². The first-order chi connectivity index (χ1) is 10.0. The molecule has 3 rings (SSSR count). The second-order valence-electron chi connectivity index (χ2n) is 4.81. The molecule has 0 saturated heterocycles. The largest absolute Gasteiger partial charge is 0.439 e. The Kier molecular flexibility index (Phi) is 2.97. The van der Waals surface area contributed by atoms with Crippen molar-refractivity contribution >= 4 is 27.9 Å². The molecule has 106 valence electrons. The van der Waals surface area contributed by atoms with Crippen molar-refractivity contribution in [1.82, 2.24) is 4.57 Å². The van der Waals surface area contributed by atoms with Crippen LogP contribution in [0.15, 0.2) is 44.3 Å². The molecule has 0 aliphatic heterocycles. The summed E-state index contributed by atoms with van der Waals surface area (Å²) in [5.74, 6) is -0.364. The molecule has 5 heteroatoms. The van der Waals surface area contributed by atoms with Gasteiger partial charge in [-0.3, -0.25) is 19.0 Å². The van der Waals surface area contributed by atoms with E-state index < -0.39 is 5.56 Å². The molecular weight excluding hydrogens is 270 g/mol. The molecule has 0 unspecified atom stereocenters. The zero-order chi connectivity index (χ0) is 15.1. The second-order valence-corrected chi connectivity index (χ2v) is 4.81. The number of carbonyl (C=O) groups is 1. The lowest BCUT2D eigenvalue weighted by molar-refractivity contribution is 0.101. The summed E-state index contributed by atoms with van der Waals surface area (Å²) < 4.78 is 7.04. The SMILES string of the molecule is CCn1c(=O)c(C(C)=O)cc2c(=O)c3ccccc3oc21. The van der Waals surface area contributed by atoms with Gasteiger partial charge in [0.2, 0.25) is 11.1 Å². The van der Waals surface area contributed by atoms with Crippen LogP contribution in [0.1, 0.15) is 24.2 Å². The molecule has 2 heterocycles. The number of benzene rings is 1. The molecule has 0 saturated carbocycles. The van der Waals surface area contributed by atoms with Crippen molar-refractivity contribution in [3.8, 4) is 0 Å². The quantitative estimate of drug-likeness (QED) is 0.534. The molecule has 0 spiro atoms. The fourth-order valence-electron chi connectivity index (χ4n) is 2.46. The topological polar surface area (TPSA) is 69.3 Å². The van der Waals surface area contributed by atoms with E-state index in [2.05, 4.69) is 0 Å². The zero-order valence-corrected chi connectivity index (χ0v) is 11.7. The molecule has 0 N–H and O–H groups in total. The number of aromatic nitrogens is 1. The average Bonchev–Trinajstić information content (AvgIpc) is 2.47. The van der Waals surface area contributed by atoms with Crippen molar-refractivity contribution in [1.29, 1.82) is 0 Å². The standard InChI is InChI=1S/C16H13NO4/c1-3-17-15(20)11(9(2)18)8-12-14(19)10-6-4-5-7-13(10)21-16(12)17/h4-8H,3H2,1-2H3. The van der Waals surface area contributed by atoms with Gasteiger partial charge in [-0.15, -0.1) is 0 Å². The number of para-hydroxylation sites is 1. The van der Waals surface area contributed by atoms with E-state index in [-0.39, 0.29) is 27.9 Å². The minimum Gasteiger partial charge on any atom is -0.439 e. The van der Waals surface area contributed by atoms with Crippen LogP contribution in [0.4, 0.5) is 0 Å². The number of carbonyl (C=O) groups excluding carboxylic acids is 1. The number of rotatable bonds is 2. The van der Waals surface area contributed by atoms with Gasteiger partial charge in [0.15, 0.2) is 5.78 Å². The Labute approximate surface area is 119 Å². The van der Waals surface area contributed by atoms with E-state index in [1.807, 2.05) is 0 Å². The second kappa shape index (κ2) is 4.70. The lowest BCUT2D eigenvalue weighted by Crippen LogP contribution is -2.26. The molecule has 21 heavy (non-hydrogen) atoms. The van der Waals surface area contributed by atoms with Crippen LogP contribution in [0.3, 0.4) is 0 Å². The third-order valence-corrected chi connectivity index (χ3v) is 3.52. The number of Topliss-reactive ketones (excluding diaryl/α,β-unsaturated/α-hetero) is 1. The highest BCUT2D eigenvalue weighted by atomic mass is 16.3. The minimum absolute atomic E-state index is 0.00642. The van der Waals surface area contributed by atoms with Crippen LogP contribution in [0.5, 0.6) is 0 Å². The van der Waals surface area contributed by atoms with E-state index in [4.69, 9.17) is 4.42 Å². The molecule has 0 fully saturated rings. The molecule has 0 atom stereocenters.